The zero-order valence-electron chi connectivity index (χ0n) is 18.4. The van der Waals surface area contributed by atoms with Gasteiger partial charge in [-0.3, -0.25) is 14.3 Å². The Morgan fingerprint density at radius 2 is 1.92 bits per heavy atom. The molecule has 0 aliphatic rings. The Bertz CT molecular complexity index is 1570. The van der Waals surface area contributed by atoms with Crippen molar-refractivity contribution < 1.29 is 27.2 Å². The van der Waals surface area contributed by atoms with Crippen molar-refractivity contribution in [2.75, 3.05) is 5.32 Å². The number of hydrogen-bond donors (Lipinski definition) is 2. The predicted octanol–water partition coefficient (Wildman–Crippen LogP) is 3.56. The molecule has 0 fully saturated rings. The largest absolute Gasteiger partial charge is 0.437 e. The lowest BCUT2D eigenvalue weighted by molar-refractivity contribution is -0.140. The highest BCUT2D eigenvalue weighted by molar-refractivity contribution is 6.14. The fourth-order valence-corrected chi connectivity index (χ4v) is 3.53. The first-order valence-electron chi connectivity index (χ1n) is 10.2. The summed E-state index contributed by atoms with van der Waals surface area (Å²) in [6, 6.07) is 10.6. The van der Waals surface area contributed by atoms with Crippen LogP contribution in [0.25, 0.3) is 10.9 Å². The van der Waals surface area contributed by atoms with Crippen molar-refractivity contribution >= 4 is 28.4 Å². The molecule has 4 aromatic rings. The number of aromatic nitrogens is 4. The fraction of sp³-hybridized carbons (Fsp3) is 0.130. The van der Waals surface area contributed by atoms with Crippen molar-refractivity contribution in [2.45, 2.75) is 19.6 Å². The van der Waals surface area contributed by atoms with E-state index in [9.17, 15) is 27.2 Å². The van der Waals surface area contributed by atoms with Gasteiger partial charge >= 0.3 is 6.18 Å². The first-order chi connectivity index (χ1) is 17.0. The molecule has 13 heteroatoms. The van der Waals surface area contributed by atoms with Crippen LogP contribution in [-0.2, 0) is 12.7 Å². The van der Waals surface area contributed by atoms with E-state index in [0.29, 0.717) is 0 Å². The van der Waals surface area contributed by atoms with Crippen LogP contribution >= 0.6 is 0 Å². The van der Waals surface area contributed by atoms with Gasteiger partial charge < -0.3 is 11.1 Å². The number of nitrogens with two attached hydrogens (primary N) is 1. The molecular formula is C23H15F4N7O2. The van der Waals surface area contributed by atoms with Gasteiger partial charge in [0.25, 0.3) is 11.8 Å². The number of halogens is 4. The van der Waals surface area contributed by atoms with Gasteiger partial charge in [0.05, 0.1) is 34.7 Å². The van der Waals surface area contributed by atoms with E-state index in [1.54, 1.807) is 0 Å². The third-order valence-corrected chi connectivity index (χ3v) is 5.22. The second-order valence-corrected chi connectivity index (χ2v) is 7.63. The number of amides is 2. The summed E-state index contributed by atoms with van der Waals surface area (Å²) in [5.74, 6) is -2.73. The standard InChI is InChI=1S/C23H15F4N7O2/c1-11-19(20(23(25,26)27)33-34(11)10-14-4-2-3-13(9-28)30-14)32-22(36)16-8-18(21(29)35)31-17-7-12(24)5-6-15(16)17/h2-8H,10H2,1H3,(H2,29,35)(H,32,36). The van der Waals surface area contributed by atoms with Crippen molar-refractivity contribution in [1.29, 1.82) is 5.26 Å². The lowest BCUT2D eigenvalue weighted by Crippen LogP contribution is -2.19. The second-order valence-electron chi connectivity index (χ2n) is 7.63. The van der Waals surface area contributed by atoms with E-state index in [2.05, 4.69) is 20.4 Å². The van der Waals surface area contributed by atoms with Crippen molar-refractivity contribution in [1.82, 2.24) is 19.7 Å². The monoisotopic (exact) mass is 497 g/mol. The summed E-state index contributed by atoms with van der Waals surface area (Å²) in [6.07, 6.45) is -4.93. The summed E-state index contributed by atoms with van der Waals surface area (Å²) in [5, 5.41) is 14.9. The van der Waals surface area contributed by atoms with Gasteiger partial charge in [0.2, 0.25) is 0 Å². The minimum atomic E-state index is -4.93. The van der Waals surface area contributed by atoms with Gasteiger partial charge in [-0.1, -0.05) is 6.07 Å². The lowest BCUT2D eigenvalue weighted by Gasteiger charge is -2.11. The summed E-state index contributed by atoms with van der Waals surface area (Å²) in [6.45, 7) is 1.12. The Labute approximate surface area is 200 Å². The number of benzene rings is 1. The number of hydrogen-bond acceptors (Lipinski definition) is 6. The van der Waals surface area contributed by atoms with Crippen LogP contribution in [0.5, 0.6) is 0 Å². The summed E-state index contributed by atoms with van der Waals surface area (Å²) in [4.78, 5) is 32.7. The van der Waals surface area contributed by atoms with Gasteiger partial charge in [-0.2, -0.15) is 23.5 Å². The first kappa shape index (κ1) is 24.3. The molecule has 3 N–H and O–H groups in total. The van der Waals surface area contributed by atoms with E-state index >= 15 is 0 Å². The van der Waals surface area contributed by atoms with Crippen LogP contribution in [0, 0.1) is 24.1 Å². The Morgan fingerprint density at radius 3 is 2.58 bits per heavy atom. The van der Waals surface area contributed by atoms with Crippen LogP contribution in [0.2, 0.25) is 0 Å². The number of pyridine rings is 2. The summed E-state index contributed by atoms with van der Waals surface area (Å²) in [7, 11) is 0. The van der Waals surface area contributed by atoms with E-state index in [1.165, 1.54) is 31.2 Å². The lowest BCUT2D eigenvalue weighted by atomic mass is 10.1. The molecule has 9 nitrogen and oxygen atoms in total. The highest BCUT2D eigenvalue weighted by atomic mass is 19.4. The van der Waals surface area contributed by atoms with Crippen LogP contribution in [0.1, 0.15) is 43.6 Å². The Hall–Kier alpha value is -4.86. The summed E-state index contributed by atoms with van der Waals surface area (Å²) < 4.78 is 56.2. The molecule has 36 heavy (non-hydrogen) atoms. The number of fused-ring (bicyclic) bond motifs is 1. The molecule has 0 atom stereocenters. The topological polar surface area (TPSA) is 140 Å². The minimum Gasteiger partial charge on any atom is -0.364 e. The quantitative estimate of drug-likeness (QED) is 0.404. The van der Waals surface area contributed by atoms with Crippen LogP contribution in [-0.4, -0.2) is 31.6 Å². The molecule has 0 aliphatic heterocycles. The Balaban J connectivity index is 1.78. The maximum Gasteiger partial charge on any atom is 0.437 e. The summed E-state index contributed by atoms with van der Waals surface area (Å²) >= 11 is 0. The van der Waals surface area contributed by atoms with E-state index in [4.69, 9.17) is 11.0 Å². The van der Waals surface area contributed by atoms with Crippen LogP contribution < -0.4 is 11.1 Å². The molecule has 0 saturated heterocycles. The Kier molecular flexibility index (Phi) is 6.11. The highest BCUT2D eigenvalue weighted by Crippen LogP contribution is 2.36. The molecule has 3 aromatic heterocycles. The van der Waals surface area contributed by atoms with Crippen molar-refractivity contribution in [2.24, 2.45) is 5.73 Å². The average Bonchev–Trinajstić information content (AvgIpc) is 3.13. The average molecular weight is 497 g/mol. The number of anilines is 1. The number of nitrogens with one attached hydrogen (secondary N) is 1. The van der Waals surface area contributed by atoms with Gasteiger partial charge in [0.15, 0.2) is 5.69 Å². The van der Waals surface area contributed by atoms with Crippen LogP contribution in [0.4, 0.5) is 23.2 Å². The maximum absolute atomic E-state index is 13.8. The molecule has 0 spiro atoms. The highest BCUT2D eigenvalue weighted by Gasteiger charge is 2.39. The number of carbonyl (C=O) groups is 2. The zero-order chi connectivity index (χ0) is 26.2. The SMILES string of the molecule is Cc1c(NC(=O)c2cc(C(N)=O)nc3cc(F)ccc23)c(C(F)(F)F)nn1Cc1cccc(C#N)n1. The summed E-state index contributed by atoms with van der Waals surface area (Å²) in [5.41, 5.74) is 2.90. The van der Waals surface area contributed by atoms with Crippen LogP contribution in [0.15, 0.2) is 42.5 Å². The normalized spacial score (nSPS) is 11.3. The number of primary amides is 1. The van der Waals surface area contributed by atoms with E-state index < -0.39 is 35.2 Å². The second kappa shape index (κ2) is 9.06. The maximum atomic E-state index is 13.8. The Morgan fingerprint density at radius 1 is 1.17 bits per heavy atom. The van der Waals surface area contributed by atoms with E-state index in [1.807, 2.05) is 6.07 Å². The molecule has 2 amide bonds. The zero-order valence-corrected chi connectivity index (χ0v) is 18.4. The van der Waals surface area contributed by atoms with Gasteiger partial charge in [-0.15, -0.1) is 0 Å². The predicted molar refractivity (Wildman–Crippen MR) is 118 cm³/mol. The molecule has 0 saturated carbocycles. The van der Waals surface area contributed by atoms with Crippen molar-refractivity contribution in [3.8, 4) is 6.07 Å². The number of alkyl halides is 3. The third kappa shape index (κ3) is 4.69. The first-order valence-corrected chi connectivity index (χ1v) is 10.2. The van der Waals surface area contributed by atoms with E-state index in [-0.39, 0.29) is 45.8 Å². The van der Waals surface area contributed by atoms with Gasteiger partial charge in [0.1, 0.15) is 23.3 Å². The molecule has 1 aromatic carbocycles. The van der Waals surface area contributed by atoms with Gasteiger partial charge in [-0.25, -0.2) is 14.4 Å². The number of nitriles is 1. The molecule has 0 bridgehead atoms. The molecular weight excluding hydrogens is 482 g/mol. The number of rotatable bonds is 5. The number of nitrogens with zero attached hydrogens (tertiary/aromatic N) is 5. The van der Waals surface area contributed by atoms with E-state index in [0.717, 1.165) is 22.9 Å². The third-order valence-electron chi connectivity index (χ3n) is 5.22. The molecule has 4 rings (SSSR count). The van der Waals surface area contributed by atoms with Crippen molar-refractivity contribution in [3.63, 3.8) is 0 Å². The molecule has 3 heterocycles. The molecule has 182 valence electrons. The molecule has 0 aliphatic carbocycles. The van der Waals surface area contributed by atoms with Gasteiger partial charge in [0, 0.05) is 11.5 Å². The smallest absolute Gasteiger partial charge is 0.364 e. The van der Waals surface area contributed by atoms with Crippen molar-refractivity contribution in [3.05, 3.63) is 82.3 Å². The fourth-order valence-electron chi connectivity index (χ4n) is 3.53. The molecule has 0 radical (unpaired) electrons. The number of carbonyl (C=O) groups excluding carboxylic acids is 2. The minimum absolute atomic E-state index is 0.0423. The van der Waals surface area contributed by atoms with Crippen LogP contribution in [0.3, 0.4) is 0 Å². The molecule has 0 unspecified atom stereocenters. The van der Waals surface area contributed by atoms with Gasteiger partial charge in [-0.05, 0) is 37.3 Å².